The van der Waals surface area contributed by atoms with Gasteiger partial charge in [-0.3, -0.25) is 39.1 Å². The van der Waals surface area contributed by atoms with Gasteiger partial charge >= 0.3 is 6.18 Å². The van der Waals surface area contributed by atoms with Gasteiger partial charge in [-0.15, -0.1) is 0 Å². The molecule has 0 bridgehead atoms. The highest BCUT2D eigenvalue weighted by Crippen LogP contribution is 2.38. The first kappa shape index (κ1) is 68.6. The minimum Gasteiger partial charge on any atom is -0.370 e. The van der Waals surface area contributed by atoms with Crippen molar-refractivity contribution in [3.05, 3.63) is 216 Å². The van der Waals surface area contributed by atoms with Crippen molar-refractivity contribution in [3.63, 3.8) is 0 Å². The van der Waals surface area contributed by atoms with Gasteiger partial charge in [0.1, 0.15) is 11.6 Å². The van der Waals surface area contributed by atoms with Crippen molar-refractivity contribution < 1.29 is 41.1 Å². The van der Waals surface area contributed by atoms with Gasteiger partial charge in [0.05, 0.1) is 51.1 Å². The molecule has 1 unspecified atom stereocenters. The number of halogens is 5. The van der Waals surface area contributed by atoms with Crippen LogP contribution < -0.4 is 40.9 Å². The molecule has 8 heterocycles. The topological polar surface area (TPSA) is 181 Å². The molecule has 12 rings (SSSR count). The number of amides is 4. The van der Waals surface area contributed by atoms with Crippen molar-refractivity contribution in [2.24, 2.45) is 0 Å². The normalized spacial score (nSPS) is 15.9. The summed E-state index contributed by atoms with van der Waals surface area (Å²) < 4.78 is 66.8. The number of carbonyl (C=O) groups is 4. The second-order valence-corrected chi connectivity index (χ2v) is 23.6. The summed E-state index contributed by atoms with van der Waals surface area (Å²) in [6.45, 7) is 8.60. The number of rotatable bonds is 12. The molecular formula is C73H81F5N12O4. The molecule has 492 valence electrons. The van der Waals surface area contributed by atoms with Crippen LogP contribution in [0, 0.1) is 11.6 Å². The third kappa shape index (κ3) is 20.1. The molecule has 4 aliphatic heterocycles. The van der Waals surface area contributed by atoms with Crippen LogP contribution in [0.1, 0.15) is 150 Å². The third-order valence-electron chi connectivity index (χ3n) is 16.9. The summed E-state index contributed by atoms with van der Waals surface area (Å²) in [7, 11) is 0. The number of piperidine rings is 1. The standard InChI is InChI=1S/C19H20F3N3O.2C18H20FN3O.C18H21N3O/c20-19(21,22)15-5-6-17(25-11-3-1-2-4-12-25)16(13-15)24-18(26)14-7-9-23-10-8-14;1-13-4-2-3-11-22(13)17-6-5-15(19)12-16(17)21-18(23)14-7-9-20-10-8-14;19-15-5-6-17(22-11-3-1-2-4-12-22)16(13-15)21-18(23)14-7-9-20-10-8-14;22-18(15-9-11-19-12-10-15)20-16-7-3-4-8-17(16)21-13-5-1-2-6-14-21/h5-10,13H,1-4,11-12H2,(H,24,26);5-10,12-13H,2-4,11H2,1H3,(H,21,23);5-10,13H,1-4,11-12H2,(H,21,23);3-4,7-12H,1-2,5-6,13-14H2,(H,20,22). The Bertz CT molecular complexity index is 3700. The Morgan fingerprint density at radius 2 is 0.691 bits per heavy atom. The van der Waals surface area contributed by atoms with Crippen molar-refractivity contribution in [2.45, 2.75) is 115 Å². The molecule has 0 aliphatic carbocycles. The van der Waals surface area contributed by atoms with Crippen LogP contribution in [0.3, 0.4) is 0 Å². The third-order valence-corrected chi connectivity index (χ3v) is 16.9. The van der Waals surface area contributed by atoms with E-state index >= 15 is 0 Å². The lowest BCUT2D eigenvalue weighted by Gasteiger charge is -2.36. The van der Waals surface area contributed by atoms with E-state index in [-0.39, 0.29) is 35.0 Å². The molecule has 4 amide bonds. The number of nitrogens with one attached hydrogen (secondary N) is 4. The van der Waals surface area contributed by atoms with E-state index < -0.39 is 17.6 Å². The molecular weight excluding hydrogens is 1200 g/mol. The number of aromatic nitrogens is 4. The van der Waals surface area contributed by atoms with Crippen LogP contribution in [0.25, 0.3) is 0 Å². The van der Waals surface area contributed by atoms with Crippen molar-refractivity contribution in [3.8, 4) is 0 Å². The van der Waals surface area contributed by atoms with E-state index in [1.165, 1.54) is 99.8 Å². The lowest BCUT2D eigenvalue weighted by molar-refractivity contribution is -0.137. The fourth-order valence-corrected chi connectivity index (χ4v) is 11.9. The fraction of sp³-hybridized carbons (Fsp3) is 0.342. The molecule has 1 atom stereocenters. The van der Waals surface area contributed by atoms with E-state index in [2.05, 4.69) is 73.8 Å². The Kier molecular flexibility index (Phi) is 25.4. The van der Waals surface area contributed by atoms with Crippen LogP contribution in [0.15, 0.2) is 177 Å². The zero-order chi connectivity index (χ0) is 66.1. The maximum Gasteiger partial charge on any atom is 0.416 e. The summed E-state index contributed by atoms with van der Waals surface area (Å²) in [6, 6.07) is 34.2. The van der Waals surface area contributed by atoms with E-state index in [1.807, 2.05) is 18.2 Å². The van der Waals surface area contributed by atoms with Gasteiger partial charge in [0.2, 0.25) is 0 Å². The van der Waals surface area contributed by atoms with Crippen LogP contribution in [0.4, 0.5) is 67.5 Å². The number of nitrogens with zero attached hydrogens (tertiary/aromatic N) is 8. The number of hydrogen-bond acceptors (Lipinski definition) is 12. The molecule has 21 heteroatoms. The lowest BCUT2D eigenvalue weighted by atomic mass is 10.0. The largest absolute Gasteiger partial charge is 0.416 e. The van der Waals surface area contributed by atoms with Gasteiger partial charge in [0.15, 0.2) is 0 Å². The highest BCUT2D eigenvalue weighted by Gasteiger charge is 2.32. The molecule has 0 spiro atoms. The van der Waals surface area contributed by atoms with E-state index in [0.717, 1.165) is 132 Å². The van der Waals surface area contributed by atoms with Crippen molar-refractivity contribution in [1.82, 2.24) is 19.9 Å². The molecule has 0 radical (unpaired) electrons. The quantitative estimate of drug-likeness (QED) is 0.0852. The molecule has 4 fully saturated rings. The van der Waals surface area contributed by atoms with E-state index in [0.29, 0.717) is 45.4 Å². The first-order valence-electron chi connectivity index (χ1n) is 32.4. The summed E-state index contributed by atoms with van der Waals surface area (Å²) in [5.74, 6) is -1.78. The number of alkyl halides is 3. The lowest BCUT2D eigenvalue weighted by Crippen LogP contribution is -2.38. The predicted octanol–water partition coefficient (Wildman–Crippen LogP) is 16.2. The van der Waals surface area contributed by atoms with Crippen molar-refractivity contribution in [1.29, 1.82) is 0 Å². The number of para-hydroxylation sites is 2. The summed E-state index contributed by atoms with van der Waals surface area (Å²) in [5.41, 5.74) is 6.81. The first-order chi connectivity index (χ1) is 45.7. The number of carbonyl (C=O) groups excluding carboxylic acids is 4. The number of benzene rings is 4. The van der Waals surface area contributed by atoms with E-state index in [4.69, 9.17) is 0 Å². The molecule has 4 aromatic carbocycles. The summed E-state index contributed by atoms with van der Waals surface area (Å²) >= 11 is 0. The van der Waals surface area contributed by atoms with Crippen molar-refractivity contribution in [2.75, 3.05) is 86.7 Å². The highest BCUT2D eigenvalue weighted by atomic mass is 19.4. The fourth-order valence-electron chi connectivity index (χ4n) is 11.9. The molecule has 94 heavy (non-hydrogen) atoms. The molecule has 4 aromatic heterocycles. The van der Waals surface area contributed by atoms with Gasteiger partial charge in [0, 0.05) is 124 Å². The number of hydrogen-bond donors (Lipinski definition) is 4. The van der Waals surface area contributed by atoms with Gasteiger partial charge in [0.25, 0.3) is 23.6 Å². The molecule has 16 nitrogen and oxygen atoms in total. The van der Waals surface area contributed by atoms with Gasteiger partial charge in [-0.05, 0) is 180 Å². The second kappa shape index (κ2) is 34.8. The Balaban J connectivity index is 0.000000148. The molecule has 0 saturated carbocycles. The van der Waals surface area contributed by atoms with Gasteiger partial charge < -0.3 is 40.9 Å². The van der Waals surface area contributed by atoms with Crippen LogP contribution in [0.2, 0.25) is 0 Å². The maximum atomic E-state index is 13.7. The van der Waals surface area contributed by atoms with E-state index in [1.54, 1.807) is 85.7 Å². The Labute approximate surface area is 546 Å². The van der Waals surface area contributed by atoms with Gasteiger partial charge in [-0.25, -0.2) is 8.78 Å². The summed E-state index contributed by atoms with van der Waals surface area (Å²) in [4.78, 5) is 74.0. The molecule has 8 aromatic rings. The zero-order valence-electron chi connectivity index (χ0n) is 53.0. The number of pyridine rings is 4. The molecule has 4 N–H and O–H groups in total. The number of anilines is 8. The predicted molar refractivity (Wildman–Crippen MR) is 362 cm³/mol. The maximum absolute atomic E-state index is 13.7. The van der Waals surface area contributed by atoms with Crippen LogP contribution in [0.5, 0.6) is 0 Å². The van der Waals surface area contributed by atoms with Crippen LogP contribution in [-0.2, 0) is 6.18 Å². The first-order valence-corrected chi connectivity index (χ1v) is 32.4. The van der Waals surface area contributed by atoms with E-state index in [9.17, 15) is 41.1 Å². The Morgan fingerprint density at radius 1 is 0.372 bits per heavy atom. The SMILES string of the molecule is CC1CCCCN1c1ccc(F)cc1NC(=O)c1ccncc1.O=C(Nc1cc(C(F)(F)F)ccc1N1CCCCCC1)c1ccncc1.O=C(Nc1cc(F)ccc1N1CCCCCC1)c1ccncc1.O=C(Nc1ccccc1N1CCCCCC1)c1ccncc1. The summed E-state index contributed by atoms with van der Waals surface area (Å²) in [6.07, 6.45) is 25.3. The molecule has 4 aliphatic rings. The highest BCUT2D eigenvalue weighted by molar-refractivity contribution is 6.08. The van der Waals surface area contributed by atoms with Crippen LogP contribution >= 0.6 is 0 Å². The Hall–Kier alpha value is -9.79. The van der Waals surface area contributed by atoms with Gasteiger partial charge in [-0.2, -0.15) is 13.2 Å². The average Bonchev–Trinajstić information content (AvgIpc) is 0.986. The summed E-state index contributed by atoms with van der Waals surface area (Å²) in [5, 5.41) is 11.4. The monoisotopic (exact) mass is 1280 g/mol. The minimum atomic E-state index is -4.46. The zero-order valence-corrected chi connectivity index (χ0v) is 53.0. The average molecular weight is 1290 g/mol. The second-order valence-electron chi connectivity index (χ2n) is 23.6. The minimum absolute atomic E-state index is 0.0929. The molecule has 4 saturated heterocycles. The van der Waals surface area contributed by atoms with Crippen molar-refractivity contribution >= 4 is 69.1 Å². The van der Waals surface area contributed by atoms with Crippen LogP contribution in [-0.4, -0.2) is 95.4 Å². The van der Waals surface area contributed by atoms with Gasteiger partial charge in [-0.1, -0.05) is 50.7 Å². The Morgan fingerprint density at radius 3 is 1.07 bits per heavy atom. The smallest absolute Gasteiger partial charge is 0.370 e.